The van der Waals surface area contributed by atoms with Crippen molar-refractivity contribution >= 4 is 22.7 Å². The maximum absolute atomic E-state index is 13.3. The van der Waals surface area contributed by atoms with Gasteiger partial charge < -0.3 is 18.9 Å². The maximum atomic E-state index is 13.3. The lowest BCUT2D eigenvalue weighted by Gasteiger charge is -2.07. The first kappa shape index (κ1) is 20.4. The molecule has 0 atom stereocenters. The zero-order valence-corrected chi connectivity index (χ0v) is 16.8. The van der Waals surface area contributed by atoms with E-state index >= 15 is 0 Å². The predicted octanol–water partition coefficient (Wildman–Crippen LogP) is 5.12. The number of halogens is 1. The molecular formula is C24H20FNO5. The van der Waals surface area contributed by atoms with Crippen molar-refractivity contribution in [3.8, 4) is 17.1 Å². The molecule has 0 spiro atoms. The summed E-state index contributed by atoms with van der Waals surface area (Å²) in [6, 6.07) is 14.3. The number of ketones is 1. The number of hydrogen-bond donors (Lipinski definition) is 1. The van der Waals surface area contributed by atoms with Gasteiger partial charge in [0.05, 0.1) is 18.4 Å². The van der Waals surface area contributed by atoms with Gasteiger partial charge in [0.25, 0.3) is 5.91 Å². The molecule has 4 rings (SSSR count). The first-order valence-electron chi connectivity index (χ1n) is 9.82. The molecule has 0 saturated heterocycles. The Morgan fingerprint density at radius 3 is 2.61 bits per heavy atom. The van der Waals surface area contributed by atoms with Gasteiger partial charge in [0.15, 0.2) is 12.4 Å². The van der Waals surface area contributed by atoms with Gasteiger partial charge in [0.2, 0.25) is 0 Å². The van der Waals surface area contributed by atoms with Crippen molar-refractivity contribution in [3.05, 3.63) is 78.0 Å². The third-order valence-electron chi connectivity index (χ3n) is 4.78. The Kier molecular flexibility index (Phi) is 5.84. The zero-order chi connectivity index (χ0) is 21.8. The summed E-state index contributed by atoms with van der Waals surface area (Å²) >= 11 is 0. The number of amides is 1. The third-order valence-corrected chi connectivity index (χ3v) is 4.78. The van der Waals surface area contributed by atoms with Crippen LogP contribution in [0.3, 0.4) is 0 Å². The van der Waals surface area contributed by atoms with Crippen molar-refractivity contribution in [2.24, 2.45) is 0 Å². The number of ether oxygens (including phenoxy) is 1. The van der Waals surface area contributed by atoms with Crippen molar-refractivity contribution in [1.29, 1.82) is 0 Å². The maximum Gasteiger partial charge on any atom is 0.258 e. The highest BCUT2D eigenvalue weighted by molar-refractivity contribution is 6.12. The second kappa shape index (κ2) is 8.87. The first-order valence-corrected chi connectivity index (χ1v) is 9.82. The molecule has 7 heteroatoms. The normalized spacial score (nSPS) is 10.9. The molecule has 2 aromatic heterocycles. The molecule has 2 aromatic carbocycles. The molecule has 0 aliphatic heterocycles. The van der Waals surface area contributed by atoms with Gasteiger partial charge in [-0.05, 0) is 54.6 Å². The number of Topliss-reactive ketones (excluding diaryl/α,β-unsaturated/α-hetero) is 1. The van der Waals surface area contributed by atoms with E-state index in [4.69, 9.17) is 13.6 Å². The molecule has 158 valence electrons. The quantitative estimate of drug-likeness (QED) is 0.399. The lowest BCUT2D eigenvalue weighted by Crippen LogP contribution is -2.28. The second-order valence-corrected chi connectivity index (χ2v) is 6.89. The largest absolute Gasteiger partial charge is 0.484 e. The Morgan fingerprint density at radius 2 is 1.90 bits per heavy atom. The van der Waals surface area contributed by atoms with E-state index in [0.717, 1.165) is 0 Å². The van der Waals surface area contributed by atoms with Crippen LogP contribution in [0, 0.1) is 5.82 Å². The van der Waals surface area contributed by atoms with Gasteiger partial charge in [-0.2, -0.15) is 0 Å². The smallest absolute Gasteiger partial charge is 0.258 e. The molecule has 2 heterocycles. The fourth-order valence-corrected chi connectivity index (χ4v) is 3.22. The van der Waals surface area contributed by atoms with Crippen molar-refractivity contribution in [1.82, 2.24) is 5.32 Å². The lowest BCUT2D eigenvalue weighted by atomic mass is 10.0. The number of hydrogen-bond acceptors (Lipinski definition) is 5. The summed E-state index contributed by atoms with van der Waals surface area (Å²) in [5, 5.41) is 3.28. The van der Waals surface area contributed by atoms with Gasteiger partial charge in [-0.15, -0.1) is 0 Å². The van der Waals surface area contributed by atoms with Crippen LogP contribution in [-0.4, -0.2) is 18.3 Å². The monoisotopic (exact) mass is 421 g/mol. The summed E-state index contributed by atoms with van der Waals surface area (Å²) in [6.07, 6.45) is 1.82. The Balaban J connectivity index is 1.56. The topological polar surface area (TPSA) is 81.7 Å². The van der Waals surface area contributed by atoms with E-state index in [1.165, 1.54) is 18.4 Å². The number of rotatable bonds is 8. The minimum absolute atomic E-state index is 0.105. The molecule has 31 heavy (non-hydrogen) atoms. The Morgan fingerprint density at radius 1 is 1.10 bits per heavy atom. The highest BCUT2D eigenvalue weighted by atomic mass is 19.1. The molecule has 0 radical (unpaired) electrons. The highest BCUT2D eigenvalue weighted by Crippen LogP contribution is 2.36. The Hall–Kier alpha value is -3.87. The molecule has 0 unspecified atom stereocenters. The van der Waals surface area contributed by atoms with Crippen molar-refractivity contribution in [2.75, 3.05) is 6.61 Å². The summed E-state index contributed by atoms with van der Waals surface area (Å²) in [7, 11) is 0. The van der Waals surface area contributed by atoms with Gasteiger partial charge in [0, 0.05) is 17.4 Å². The van der Waals surface area contributed by atoms with E-state index in [-0.39, 0.29) is 37.1 Å². The summed E-state index contributed by atoms with van der Waals surface area (Å²) in [4.78, 5) is 24.7. The standard InChI is InChI=1S/C24H20FNO5/c1-2-20(27)23-19-12-17(30-14-22(28)26-13-18-4-3-11-29-18)9-10-21(19)31-24(23)15-5-7-16(25)8-6-15/h3-12H,2,13-14H2,1H3,(H,26,28). The molecule has 0 saturated carbocycles. The van der Waals surface area contributed by atoms with Gasteiger partial charge in [-0.25, -0.2) is 4.39 Å². The molecule has 1 amide bonds. The highest BCUT2D eigenvalue weighted by Gasteiger charge is 2.21. The molecule has 0 bridgehead atoms. The number of fused-ring (bicyclic) bond motifs is 1. The van der Waals surface area contributed by atoms with E-state index in [1.54, 1.807) is 49.4 Å². The van der Waals surface area contributed by atoms with Crippen LogP contribution in [-0.2, 0) is 11.3 Å². The fraction of sp³-hybridized carbons (Fsp3) is 0.167. The predicted molar refractivity (Wildman–Crippen MR) is 112 cm³/mol. The van der Waals surface area contributed by atoms with E-state index in [2.05, 4.69) is 5.32 Å². The van der Waals surface area contributed by atoms with Gasteiger partial charge in [-0.3, -0.25) is 9.59 Å². The Bertz CT molecular complexity index is 1210. The van der Waals surface area contributed by atoms with E-state index in [1.807, 2.05) is 0 Å². The molecule has 1 N–H and O–H groups in total. The minimum Gasteiger partial charge on any atom is -0.484 e. The summed E-state index contributed by atoms with van der Waals surface area (Å²) in [5.41, 5.74) is 1.52. The van der Waals surface area contributed by atoms with Gasteiger partial charge >= 0.3 is 0 Å². The summed E-state index contributed by atoms with van der Waals surface area (Å²) in [5.74, 6) is 0.674. The van der Waals surface area contributed by atoms with Crippen LogP contribution in [0.4, 0.5) is 4.39 Å². The van der Waals surface area contributed by atoms with Crippen molar-refractivity contribution in [3.63, 3.8) is 0 Å². The van der Waals surface area contributed by atoms with E-state index in [9.17, 15) is 14.0 Å². The van der Waals surface area contributed by atoms with Crippen LogP contribution in [0.25, 0.3) is 22.3 Å². The van der Waals surface area contributed by atoms with Crippen LogP contribution >= 0.6 is 0 Å². The second-order valence-electron chi connectivity index (χ2n) is 6.89. The Labute approximate surface area is 177 Å². The minimum atomic E-state index is -0.371. The molecule has 0 aliphatic carbocycles. The van der Waals surface area contributed by atoms with Crippen LogP contribution in [0.2, 0.25) is 0 Å². The molecule has 4 aromatic rings. The average molecular weight is 421 g/mol. The van der Waals surface area contributed by atoms with Crippen LogP contribution in [0.1, 0.15) is 29.5 Å². The van der Waals surface area contributed by atoms with Crippen LogP contribution in [0.15, 0.2) is 69.7 Å². The number of benzene rings is 2. The fourth-order valence-electron chi connectivity index (χ4n) is 3.22. The van der Waals surface area contributed by atoms with Gasteiger partial charge in [0.1, 0.15) is 28.7 Å². The zero-order valence-electron chi connectivity index (χ0n) is 16.8. The summed E-state index contributed by atoms with van der Waals surface area (Å²) < 4.78 is 30.0. The van der Waals surface area contributed by atoms with Crippen molar-refractivity contribution < 1.29 is 27.6 Å². The molecule has 6 nitrogen and oxygen atoms in total. The van der Waals surface area contributed by atoms with Gasteiger partial charge in [-0.1, -0.05) is 6.92 Å². The SMILES string of the molecule is CCC(=O)c1c(-c2ccc(F)cc2)oc2ccc(OCC(=O)NCc3ccco3)cc12. The van der Waals surface area contributed by atoms with E-state index in [0.29, 0.717) is 39.4 Å². The molecular weight excluding hydrogens is 401 g/mol. The molecule has 0 aliphatic rings. The molecule has 0 fully saturated rings. The summed E-state index contributed by atoms with van der Waals surface area (Å²) in [6.45, 7) is 1.84. The number of furan rings is 2. The number of carbonyl (C=O) groups excluding carboxylic acids is 2. The van der Waals surface area contributed by atoms with Crippen molar-refractivity contribution in [2.45, 2.75) is 19.9 Å². The average Bonchev–Trinajstić information content (AvgIpc) is 3.43. The van der Waals surface area contributed by atoms with E-state index < -0.39 is 0 Å². The first-order chi connectivity index (χ1) is 15.0. The third kappa shape index (κ3) is 4.50. The number of carbonyl (C=O) groups is 2. The van der Waals surface area contributed by atoms with Crippen LogP contribution < -0.4 is 10.1 Å². The number of nitrogens with one attached hydrogen (secondary N) is 1. The lowest BCUT2D eigenvalue weighted by molar-refractivity contribution is -0.123. The van der Waals surface area contributed by atoms with Crippen LogP contribution in [0.5, 0.6) is 5.75 Å².